The van der Waals surface area contributed by atoms with Gasteiger partial charge in [0.15, 0.2) is 2.82 Å². The number of ether oxygens (including phenoxy) is 1. The molecule has 3 rings (SSSR count). The first kappa shape index (κ1) is 5.32. The molecule has 1 aromatic heterocycles. The Morgan fingerprint density at radius 3 is 3.33 bits per heavy atom. The fraction of sp³-hybridized carbons (Fsp3) is 0.438. The predicted molar refractivity (Wildman–Crippen MR) is 82.5 cm³/mol. The number of aryl methyl sites for hydroxylation is 1. The van der Waals surface area contributed by atoms with Crippen LogP contribution in [0.5, 0.6) is 0 Å². The van der Waals surface area contributed by atoms with Gasteiger partial charge in [0.05, 0.1) is 8.78 Å². The molecule has 0 spiro atoms. The number of benzene rings is 1. The van der Waals surface area contributed by atoms with Crippen LogP contribution in [0.15, 0.2) is 24.4 Å². The highest BCUT2D eigenvalue weighted by atomic mass is 16.6. The molecule has 5 heteroatoms. The van der Waals surface area contributed by atoms with E-state index in [-0.39, 0.29) is 26.7 Å². The van der Waals surface area contributed by atoms with Crippen molar-refractivity contribution in [3.8, 4) is 0 Å². The van der Waals surface area contributed by atoms with E-state index in [1.807, 2.05) is 0 Å². The zero-order valence-corrected chi connectivity index (χ0v) is 11.0. The number of likely N-dealkylation sites (N-methyl/N-ethyl adjacent to an activating group) is 1. The number of aromatic amines is 1. The van der Waals surface area contributed by atoms with E-state index in [1.54, 1.807) is 0 Å². The summed E-state index contributed by atoms with van der Waals surface area (Å²) in [7, 11) is 0.886. The highest BCUT2D eigenvalue weighted by molar-refractivity contribution is 5.84. The van der Waals surface area contributed by atoms with E-state index < -0.39 is 50.5 Å². The first-order valence-corrected chi connectivity index (χ1v) is 6.07. The van der Waals surface area contributed by atoms with Crippen LogP contribution < -0.4 is 5.31 Å². The van der Waals surface area contributed by atoms with Gasteiger partial charge in [0.2, 0.25) is 0 Å². The van der Waals surface area contributed by atoms with Gasteiger partial charge in [-0.15, -0.1) is 0 Å². The van der Waals surface area contributed by atoms with E-state index >= 15 is 0 Å². The summed E-state index contributed by atoms with van der Waals surface area (Å²) in [4.78, 5) is 12.6. The van der Waals surface area contributed by atoms with Crippen molar-refractivity contribution < 1.29 is 27.4 Å². The number of hydrogen-bond acceptors (Lipinski definition) is 3. The molecule has 0 unspecified atom stereocenters. The summed E-state index contributed by atoms with van der Waals surface area (Å²) in [5, 5.41) is -0.101. The second-order valence-corrected chi connectivity index (χ2v) is 4.36. The van der Waals surface area contributed by atoms with E-state index in [0.717, 1.165) is 19.3 Å². The molecule has 0 bridgehead atoms. The topological polar surface area (TPSA) is 57.4 Å². The summed E-state index contributed by atoms with van der Waals surface area (Å²) in [5.41, 5.74) is -0.701. The quantitative estimate of drug-likeness (QED) is 0.887. The van der Waals surface area contributed by atoms with E-state index in [9.17, 15) is 4.79 Å². The lowest BCUT2D eigenvalue weighted by atomic mass is 10.0. The number of carbonyl (C=O) groups excluding carboxylic acids is 1. The summed E-state index contributed by atoms with van der Waals surface area (Å²) in [6, 6.07) is 1.42. The van der Waals surface area contributed by atoms with Crippen LogP contribution in [0, 0.1) is 0 Å². The van der Waals surface area contributed by atoms with Crippen molar-refractivity contribution in [3.05, 3.63) is 35.5 Å². The number of cyclic esters (lactones) is 1. The van der Waals surface area contributed by atoms with Crippen molar-refractivity contribution in [2.75, 3.05) is 27.1 Å². The Hall–Kier alpha value is -2.01. The molecule has 1 fully saturated rings. The molecule has 21 heavy (non-hydrogen) atoms. The summed E-state index contributed by atoms with van der Waals surface area (Å²) in [6.07, 6.45) is -6.19. The SMILES string of the molecule is [2H]N1C(=O)OC([2H])([2H])[C@@H]1C([2H])([2H])c1ccc2c(c1)c(C([2H])([2H])C([2H])([2H])N(C)C([2H])([2H])[2H])cn2[2H]. The van der Waals surface area contributed by atoms with Gasteiger partial charge in [-0.2, -0.15) is 0 Å². The highest BCUT2D eigenvalue weighted by Crippen LogP contribution is 2.21. The van der Waals surface area contributed by atoms with Gasteiger partial charge in [0.1, 0.15) is 6.56 Å². The van der Waals surface area contributed by atoms with E-state index in [2.05, 4.69) is 4.74 Å². The third kappa shape index (κ3) is 3.19. The lowest BCUT2D eigenvalue weighted by Crippen LogP contribution is -2.28. The van der Waals surface area contributed by atoms with Crippen molar-refractivity contribution in [2.45, 2.75) is 18.8 Å². The third-order valence-corrected chi connectivity index (χ3v) is 2.77. The van der Waals surface area contributed by atoms with E-state index in [0.29, 0.717) is 4.98 Å². The zero-order valence-electron chi connectivity index (χ0n) is 24.0. The Kier molecular flexibility index (Phi) is 1.46. The number of fused-ring (bicyclic) bond motifs is 1. The Morgan fingerprint density at radius 1 is 1.67 bits per heavy atom. The number of nitrogens with one attached hydrogen (secondary N) is 2. The number of rotatable bonds is 5. The summed E-state index contributed by atoms with van der Waals surface area (Å²) < 4.78 is 108. The second-order valence-electron chi connectivity index (χ2n) is 4.36. The average Bonchev–Trinajstić information content (AvgIpc) is 3.12. The zero-order chi connectivity index (χ0) is 26.2. The Labute approximate surface area is 142 Å². The van der Waals surface area contributed by atoms with Gasteiger partial charge < -0.3 is 19.9 Å². The molecular formula is C16H21N3O2. The molecule has 112 valence electrons. The average molecular weight is 300 g/mol. The largest absolute Gasteiger partial charge is 0.447 e. The van der Waals surface area contributed by atoms with Crippen LogP contribution in [0.1, 0.15) is 26.2 Å². The molecule has 1 aliphatic heterocycles. The Morgan fingerprint density at radius 2 is 2.57 bits per heavy atom. The van der Waals surface area contributed by atoms with Crippen molar-refractivity contribution in [1.82, 2.24) is 15.2 Å². The molecule has 0 saturated carbocycles. The first-order valence-electron chi connectivity index (χ1n) is 12.5. The molecule has 1 atom stereocenters. The van der Waals surface area contributed by atoms with E-state index in [1.165, 1.54) is 12.1 Å². The minimum atomic E-state index is -3.09. The maximum atomic E-state index is 11.7. The van der Waals surface area contributed by atoms with Crippen LogP contribution in [0.4, 0.5) is 4.79 Å². The molecule has 0 radical (unpaired) electrons. The minimum absolute atomic E-state index is 0.0317. The van der Waals surface area contributed by atoms with Crippen LogP contribution in [0.3, 0.4) is 0 Å². The van der Waals surface area contributed by atoms with Crippen molar-refractivity contribution in [1.29, 1.82) is 0 Å². The maximum Gasteiger partial charge on any atom is 0.407 e. The summed E-state index contributed by atoms with van der Waals surface area (Å²) in [5.74, 6) is 0. The minimum Gasteiger partial charge on any atom is -0.447 e. The van der Waals surface area contributed by atoms with Crippen LogP contribution in [0.25, 0.3) is 10.9 Å². The van der Waals surface area contributed by atoms with Crippen LogP contribution in [-0.4, -0.2) is 49.1 Å². The number of amides is 1. The van der Waals surface area contributed by atoms with Crippen molar-refractivity contribution in [2.24, 2.45) is 0 Å². The normalized spacial score (nSPS) is 32.9. The van der Waals surface area contributed by atoms with Crippen LogP contribution in [0.2, 0.25) is 2.82 Å². The van der Waals surface area contributed by atoms with Gasteiger partial charge in [0.25, 0.3) is 0 Å². The fourth-order valence-electron chi connectivity index (χ4n) is 1.89. The molecular weight excluding hydrogens is 266 g/mol. The standard InChI is InChI=1S/C16H21N3O2/c1-19(2)6-5-12-9-17-15-4-3-11(8-14(12)15)7-13-10-21-16(20)18-13/h3-4,8-9,13,17H,5-7,10H2,1-2H3,(H,18,20)/t13-/m0/s1/i1D3,5D2,6D2,7D2,10D2/hD2. The fourth-order valence-corrected chi connectivity index (χ4v) is 1.89. The smallest absolute Gasteiger partial charge is 0.407 e. The number of aromatic nitrogens is 1. The molecule has 1 aromatic carbocycles. The number of hydrogen-bond donors (Lipinski definition) is 2. The van der Waals surface area contributed by atoms with Crippen LogP contribution >= 0.6 is 0 Å². The second kappa shape index (κ2) is 5.77. The molecule has 0 aliphatic carbocycles. The lowest BCUT2D eigenvalue weighted by Gasteiger charge is -2.09. The molecule has 1 saturated heterocycles. The van der Waals surface area contributed by atoms with Gasteiger partial charge in [-0.1, -0.05) is 6.07 Å². The van der Waals surface area contributed by atoms with E-state index in [4.69, 9.17) is 17.9 Å². The molecule has 2 aromatic rings. The highest BCUT2D eigenvalue weighted by Gasteiger charge is 2.22. The lowest BCUT2D eigenvalue weighted by molar-refractivity contribution is 0.177. The number of alkyl carbamates (subject to hydrolysis) is 1. The first-order chi connectivity index (χ1) is 15.2. The molecule has 2 heterocycles. The molecule has 1 amide bonds. The summed E-state index contributed by atoms with van der Waals surface area (Å²) >= 11 is 0. The number of H-pyrrole nitrogens is 1. The van der Waals surface area contributed by atoms with Gasteiger partial charge in [-0.05, 0) is 50.0 Å². The number of nitrogens with zero attached hydrogens (tertiary/aromatic N) is 1. The summed E-state index contributed by atoms with van der Waals surface area (Å²) in [6.45, 7) is -8.95. The van der Waals surface area contributed by atoms with Crippen molar-refractivity contribution >= 4 is 17.0 Å². The number of carbonyl (C=O) groups is 1. The monoisotopic (exact) mass is 300 g/mol. The van der Waals surface area contributed by atoms with Gasteiger partial charge in [-0.25, -0.2) is 4.79 Å². The van der Waals surface area contributed by atoms with Gasteiger partial charge in [-0.3, -0.25) is 0 Å². The maximum absolute atomic E-state index is 11.7. The van der Waals surface area contributed by atoms with Crippen LogP contribution in [-0.2, 0) is 17.5 Å². The Bertz CT molecular complexity index is 1130. The Balaban J connectivity index is 2.19. The third-order valence-electron chi connectivity index (χ3n) is 2.77. The molecule has 1 aliphatic rings. The molecule has 5 nitrogen and oxygen atoms in total. The molecule has 2 N–H and O–H groups in total. The van der Waals surface area contributed by atoms with Gasteiger partial charge in [0, 0.05) is 35.9 Å². The van der Waals surface area contributed by atoms with Gasteiger partial charge >= 0.3 is 6.09 Å². The van der Waals surface area contributed by atoms with Crippen molar-refractivity contribution in [3.63, 3.8) is 0 Å². The predicted octanol–water partition coefficient (Wildman–Crippen LogP) is 1.92.